The van der Waals surface area contributed by atoms with Crippen molar-refractivity contribution in [2.45, 2.75) is 0 Å². The Bertz CT molecular complexity index is 1140. The van der Waals surface area contributed by atoms with Crippen LogP contribution in [0.4, 0.5) is 21.6 Å². The molecule has 0 aliphatic rings. The lowest BCUT2D eigenvalue weighted by molar-refractivity contribution is 0.630. The van der Waals surface area contributed by atoms with Crippen molar-refractivity contribution in [1.29, 1.82) is 0 Å². The minimum absolute atomic E-state index is 0.0798. The summed E-state index contributed by atoms with van der Waals surface area (Å²) in [5.41, 5.74) is 9.42. The molecular formula is C21H15Cl2FN4. The van der Waals surface area contributed by atoms with Crippen molar-refractivity contribution in [3.63, 3.8) is 0 Å². The average molecular weight is 413 g/mol. The van der Waals surface area contributed by atoms with E-state index in [0.29, 0.717) is 27.1 Å². The van der Waals surface area contributed by atoms with E-state index in [9.17, 15) is 4.39 Å². The number of hydrogen-bond donors (Lipinski definition) is 2. The summed E-state index contributed by atoms with van der Waals surface area (Å²) in [5, 5.41) is 8.21. The van der Waals surface area contributed by atoms with Gasteiger partial charge in [-0.25, -0.2) is 9.07 Å². The number of nitrogens with two attached hydrogens (primary N) is 1. The Hall–Kier alpha value is -3.02. The number of anilines is 3. The molecule has 1 aromatic heterocycles. The lowest BCUT2D eigenvalue weighted by Crippen LogP contribution is -1.98. The van der Waals surface area contributed by atoms with Gasteiger partial charge in [-0.1, -0.05) is 53.5 Å². The van der Waals surface area contributed by atoms with Crippen molar-refractivity contribution in [3.05, 3.63) is 88.8 Å². The maximum Gasteiger partial charge on any atom is 0.189 e. The van der Waals surface area contributed by atoms with Crippen molar-refractivity contribution in [1.82, 2.24) is 9.78 Å². The quantitative estimate of drug-likeness (QED) is 0.386. The van der Waals surface area contributed by atoms with E-state index in [4.69, 9.17) is 28.9 Å². The van der Waals surface area contributed by atoms with Gasteiger partial charge in [0.05, 0.1) is 21.9 Å². The second-order valence-corrected chi connectivity index (χ2v) is 6.98. The van der Waals surface area contributed by atoms with Crippen molar-refractivity contribution >= 4 is 40.4 Å². The van der Waals surface area contributed by atoms with Crippen LogP contribution in [0.1, 0.15) is 0 Å². The zero-order chi connectivity index (χ0) is 19.7. The Balaban J connectivity index is 1.61. The molecule has 0 aliphatic heterocycles. The van der Waals surface area contributed by atoms with Gasteiger partial charge < -0.3 is 11.1 Å². The zero-order valence-corrected chi connectivity index (χ0v) is 16.0. The summed E-state index contributed by atoms with van der Waals surface area (Å²) in [6.45, 7) is 0. The van der Waals surface area contributed by atoms with Crippen LogP contribution >= 0.6 is 23.2 Å². The minimum Gasteiger partial charge on any atom is -0.399 e. The maximum absolute atomic E-state index is 14.4. The Labute approximate surface area is 171 Å². The van der Waals surface area contributed by atoms with Crippen LogP contribution in [0.25, 0.3) is 16.8 Å². The highest BCUT2D eigenvalue weighted by Crippen LogP contribution is 2.32. The number of nitrogens with one attached hydrogen (secondary N) is 1. The molecule has 0 radical (unpaired) electrons. The zero-order valence-electron chi connectivity index (χ0n) is 14.5. The molecule has 0 saturated carbocycles. The summed E-state index contributed by atoms with van der Waals surface area (Å²) in [7, 11) is 0. The molecule has 0 unspecified atom stereocenters. The van der Waals surface area contributed by atoms with Crippen LogP contribution in [0.2, 0.25) is 10.0 Å². The summed E-state index contributed by atoms with van der Waals surface area (Å²) in [5.74, 6) is -0.421. The Kier molecular flexibility index (Phi) is 4.94. The predicted molar refractivity (Wildman–Crippen MR) is 113 cm³/mol. The van der Waals surface area contributed by atoms with Gasteiger partial charge in [0.2, 0.25) is 0 Å². The monoisotopic (exact) mass is 412 g/mol. The van der Waals surface area contributed by atoms with Gasteiger partial charge >= 0.3 is 0 Å². The molecule has 0 atom stereocenters. The molecule has 7 heteroatoms. The van der Waals surface area contributed by atoms with Gasteiger partial charge in [-0.2, -0.15) is 0 Å². The molecule has 0 aliphatic carbocycles. The largest absolute Gasteiger partial charge is 0.399 e. The van der Waals surface area contributed by atoms with E-state index < -0.39 is 5.82 Å². The van der Waals surface area contributed by atoms with Crippen molar-refractivity contribution in [2.75, 3.05) is 11.1 Å². The number of hydrogen-bond acceptors (Lipinski definition) is 3. The predicted octanol–water partition coefficient (Wildman–Crippen LogP) is 6.31. The second kappa shape index (κ2) is 7.54. The molecule has 140 valence electrons. The number of halogens is 3. The van der Waals surface area contributed by atoms with Gasteiger partial charge in [-0.3, -0.25) is 0 Å². The van der Waals surface area contributed by atoms with Crippen molar-refractivity contribution in [3.8, 4) is 16.8 Å². The normalized spacial score (nSPS) is 10.8. The minimum atomic E-state index is -0.501. The first-order valence-corrected chi connectivity index (χ1v) is 9.19. The SMILES string of the molecule is Nc1ccc(-c2ccc(Nc3nn(-c4ccccc4Cl)cc3F)cc2Cl)cc1. The third kappa shape index (κ3) is 3.67. The van der Waals surface area contributed by atoms with E-state index in [1.165, 1.54) is 10.9 Å². The number of rotatable bonds is 4. The highest BCUT2D eigenvalue weighted by Gasteiger charge is 2.13. The van der Waals surface area contributed by atoms with Crippen LogP contribution < -0.4 is 11.1 Å². The third-order valence-electron chi connectivity index (χ3n) is 4.22. The topological polar surface area (TPSA) is 55.9 Å². The summed E-state index contributed by atoms with van der Waals surface area (Å²) in [6.07, 6.45) is 1.27. The van der Waals surface area contributed by atoms with Gasteiger partial charge in [-0.05, 0) is 42.0 Å². The van der Waals surface area contributed by atoms with Gasteiger partial charge in [0.1, 0.15) is 0 Å². The average Bonchev–Trinajstić information content (AvgIpc) is 3.03. The van der Waals surface area contributed by atoms with E-state index in [1.807, 2.05) is 42.5 Å². The number of aromatic nitrogens is 2. The molecule has 0 spiro atoms. The molecular weight excluding hydrogens is 398 g/mol. The molecule has 0 saturated heterocycles. The lowest BCUT2D eigenvalue weighted by atomic mass is 10.0. The molecule has 1 heterocycles. The Morgan fingerprint density at radius 1 is 0.929 bits per heavy atom. The van der Waals surface area contributed by atoms with Gasteiger partial charge in [0, 0.05) is 16.9 Å². The molecule has 4 nitrogen and oxygen atoms in total. The number of nitrogens with zero attached hydrogens (tertiary/aromatic N) is 2. The summed E-state index contributed by atoms with van der Waals surface area (Å²) >= 11 is 12.6. The van der Waals surface area contributed by atoms with Crippen LogP contribution in [-0.2, 0) is 0 Å². The fourth-order valence-corrected chi connectivity index (χ4v) is 3.34. The van der Waals surface area contributed by atoms with E-state index in [2.05, 4.69) is 10.4 Å². The summed E-state index contributed by atoms with van der Waals surface area (Å²) in [6, 6.07) is 19.9. The third-order valence-corrected chi connectivity index (χ3v) is 4.85. The molecule has 28 heavy (non-hydrogen) atoms. The van der Waals surface area contributed by atoms with Crippen LogP contribution in [0.15, 0.2) is 72.9 Å². The van der Waals surface area contributed by atoms with Crippen LogP contribution in [-0.4, -0.2) is 9.78 Å². The lowest BCUT2D eigenvalue weighted by Gasteiger charge is -2.09. The number of nitrogen functional groups attached to an aromatic ring is 1. The first-order valence-electron chi connectivity index (χ1n) is 8.44. The Morgan fingerprint density at radius 2 is 1.68 bits per heavy atom. The fraction of sp³-hybridized carbons (Fsp3) is 0. The molecule has 3 aromatic carbocycles. The molecule has 0 fully saturated rings. The van der Waals surface area contributed by atoms with Gasteiger partial charge in [-0.15, -0.1) is 5.10 Å². The first-order chi connectivity index (χ1) is 13.5. The highest BCUT2D eigenvalue weighted by atomic mass is 35.5. The highest BCUT2D eigenvalue weighted by molar-refractivity contribution is 6.33. The van der Waals surface area contributed by atoms with Crippen LogP contribution in [0.5, 0.6) is 0 Å². The molecule has 3 N–H and O–H groups in total. The van der Waals surface area contributed by atoms with Crippen LogP contribution in [0.3, 0.4) is 0 Å². The van der Waals surface area contributed by atoms with E-state index >= 15 is 0 Å². The summed E-state index contributed by atoms with van der Waals surface area (Å²) in [4.78, 5) is 0. The fourth-order valence-electron chi connectivity index (χ4n) is 2.82. The number of para-hydroxylation sites is 1. The van der Waals surface area contributed by atoms with Gasteiger partial charge in [0.25, 0.3) is 0 Å². The van der Waals surface area contributed by atoms with Crippen LogP contribution in [0, 0.1) is 5.82 Å². The molecule has 4 aromatic rings. The van der Waals surface area contributed by atoms with E-state index in [1.54, 1.807) is 24.3 Å². The second-order valence-electron chi connectivity index (χ2n) is 6.16. The van der Waals surface area contributed by atoms with Crippen molar-refractivity contribution < 1.29 is 4.39 Å². The van der Waals surface area contributed by atoms with Crippen molar-refractivity contribution in [2.24, 2.45) is 0 Å². The molecule has 4 rings (SSSR count). The maximum atomic E-state index is 14.4. The van der Waals surface area contributed by atoms with E-state index in [0.717, 1.165) is 11.1 Å². The Morgan fingerprint density at radius 3 is 2.39 bits per heavy atom. The summed E-state index contributed by atoms with van der Waals surface area (Å²) < 4.78 is 15.8. The molecule has 0 amide bonds. The smallest absolute Gasteiger partial charge is 0.189 e. The molecule has 0 bridgehead atoms. The van der Waals surface area contributed by atoms with Gasteiger partial charge in [0.15, 0.2) is 11.6 Å². The first kappa shape index (κ1) is 18.3. The van der Waals surface area contributed by atoms with E-state index in [-0.39, 0.29) is 5.82 Å². The number of benzene rings is 3. The standard InChI is InChI=1S/C21H15Cl2FN4/c22-17-3-1-2-4-20(17)28-12-19(24)21(27-28)26-15-9-10-16(18(23)11-15)13-5-7-14(25)8-6-13/h1-12H,25H2,(H,26,27).